The van der Waals surface area contributed by atoms with Crippen LogP contribution < -0.4 is 4.73 Å². The Hall–Kier alpha value is -2.69. The average Bonchev–Trinajstić information content (AvgIpc) is 2.30. The Morgan fingerprint density at radius 1 is 1.72 bits per heavy atom. The first-order valence-corrected chi connectivity index (χ1v) is 4.94. The Morgan fingerprint density at radius 3 is 2.89 bits per heavy atom. The van der Waals surface area contributed by atoms with Gasteiger partial charge in [-0.05, 0) is 6.92 Å². The van der Waals surface area contributed by atoms with Gasteiger partial charge in [0, 0.05) is 0 Å². The fraction of sp³-hybridized carbons (Fsp3) is 0.300. The normalized spacial score (nSPS) is 11.3. The molecule has 0 spiro atoms. The summed E-state index contributed by atoms with van der Waals surface area (Å²) < 4.78 is 4.91. The predicted molar refractivity (Wildman–Crippen MR) is 57.0 cm³/mol. The lowest BCUT2D eigenvalue weighted by atomic mass is 10.0. The molecule has 0 aliphatic heterocycles. The van der Waals surface area contributed by atoms with Crippen LogP contribution in [0, 0.1) is 26.7 Å². The van der Waals surface area contributed by atoms with Gasteiger partial charge in [-0.15, -0.1) is 0 Å². The number of rotatable bonds is 4. The van der Waals surface area contributed by atoms with Crippen molar-refractivity contribution in [1.29, 1.82) is 5.26 Å². The van der Waals surface area contributed by atoms with Crippen LogP contribution in [0.3, 0.4) is 0 Å². The molecule has 0 fully saturated rings. The highest BCUT2D eigenvalue weighted by Gasteiger charge is 2.31. The minimum Gasteiger partial charge on any atom is -0.619 e. The molecule has 0 aromatic carbocycles. The third-order valence-corrected chi connectivity index (χ3v) is 2.10. The summed E-state index contributed by atoms with van der Waals surface area (Å²) in [7, 11) is 0. The second kappa shape index (κ2) is 5.58. The molecule has 0 amide bonds. The van der Waals surface area contributed by atoms with E-state index in [-0.39, 0.29) is 16.9 Å². The molecule has 0 unspecified atom stereocenters. The van der Waals surface area contributed by atoms with Crippen molar-refractivity contribution in [3.8, 4) is 6.07 Å². The summed E-state index contributed by atoms with van der Waals surface area (Å²) in [4.78, 5) is 21.5. The number of pyridine rings is 1. The van der Waals surface area contributed by atoms with Crippen LogP contribution in [0.25, 0.3) is 0 Å². The van der Waals surface area contributed by atoms with Gasteiger partial charge < -0.3 is 9.94 Å². The summed E-state index contributed by atoms with van der Waals surface area (Å²) in [6.45, 7) is 1.58. The number of carbonyl (C=O) groups excluding carboxylic acids is 1. The van der Waals surface area contributed by atoms with Gasteiger partial charge in [-0.25, -0.2) is 0 Å². The number of nitriles is 1. The summed E-state index contributed by atoms with van der Waals surface area (Å²) in [5.74, 6) is -2.42. The number of hydrogen-bond acceptors (Lipinski definition) is 6. The monoisotopic (exact) mass is 251 g/mol. The van der Waals surface area contributed by atoms with Crippen LogP contribution in [-0.2, 0) is 9.53 Å². The molecular formula is C10H9N3O5. The molecule has 8 heteroatoms. The van der Waals surface area contributed by atoms with E-state index in [2.05, 4.69) is 4.74 Å². The lowest BCUT2D eigenvalue weighted by molar-refractivity contribution is -0.606. The zero-order chi connectivity index (χ0) is 13.7. The molecule has 1 aromatic rings. The maximum absolute atomic E-state index is 11.5. The van der Waals surface area contributed by atoms with Crippen LogP contribution in [0.5, 0.6) is 0 Å². The first-order valence-electron chi connectivity index (χ1n) is 4.94. The van der Waals surface area contributed by atoms with Crippen LogP contribution in [0.2, 0.25) is 0 Å². The number of hydrogen-bond donors (Lipinski definition) is 0. The molecule has 0 N–H and O–H groups in total. The van der Waals surface area contributed by atoms with Gasteiger partial charge >= 0.3 is 5.97 Å². The fourth-order valence-electron chi connectivity index (χ4n) is 1.35. The highest BCUT2D eigenvalue weighted by molar-refractivity contribution is 5.82. The smallest absolute Gasteiger partial charge is 0.328 e. The van der Waals surface area contributed by atoms with E-state index in [9.17, 15) is 20.1 Å². The van der Waals surface area contributed by atoms with Crippen LogP contribution in [0.4, 0.5) is 5.69 Å². The maximum atomic E-state index is 11.5. The van der Waals surface area contributed by atoms with Crippen molar-refractivity contribution >= 4 is 11.7 Å². The minimum absolute atomic E-state index is 0.0367. The summed E-state index contributed by atoms with van der Waals surface area (Å²) in [5, 5.41) is 30.8. The third kappa shape index (κ3) is 2.70. The summed E-state index contributed by atoms with van der Waals surface area (Å²) in [6, 6.07) is 2.53. The van der Waals surface area contributed by atoms with Gasteiger partial charge in [0.05, 0.1) is 23.7 Å². The average molecular weight is 251 g/mol. The molecule has 1 atom stereocenters. The number of nitro groups is 1. The molecule has 0 bridgehead atoms. The summed E-state index contributed by atoms with van der Waals surface area (Å²) >= 11 is 0. The van der Waals surface area contributed by atoms with E-state index < -0.39 is 22.5 Å². The van der Waals surface area contributed by atoms with E-state index in [4.69, 9.17) is 5.26 Å². The number of ether oxygens (including phenoxy) is 1. The largest absolute Gasteiger partial charge is 0.619 e. The molecule has 18 heavy (non-hydrogen) atoms. The van der Waals surface area contributed by atoms with E-state index in [0.29, 0.717) is 0 Å². The lowest BCUT2D eigenvalue weighted by Gasteiger charge is -2.08. The number of carbonyl (C=O) groups is 1. The van der Waals surface area contributed by atoms with Crippen molar-refractivity contribution in [3.05, 3.63) is 39.3 Å². The molecular weight excluding hydrogens is 242 g/mol. The predicted octanol–water partition coefficient (Wildman–Crippen LogP) is 0.398. The molecule has 0 aliphatic carbocycles. The molecule has 94 valence electrons. The molecule has 0 saturated carbocycles. The topological polar surface area (TPSA) is 120 Å². The zero-order valence-corrected chi connectivity index (χ0v) is 9.40. The molecule has 0 aliphatic rings. The van der Waals surface area contributed by atoms with E-state index in [1.807, 2.05) is 0 Å². The first kappa shape index (κ1) is 13.4. The zero-order valence-electron chi connectivity index (χ0n) is 9.40. The molecule has 1 aromatic heterocycles. The molecule has 0 saturated heterocycles. The van der Waals surface area contributed by atoms with Crippen molar-refractivity contribution in [1.82, 2.24) is 0 Å². The van der Waals surface area contributed by atoms with Gasteiger partial charge in [0.25, 0.3) is 5.69 Å². The molecule has 1 rings (SSSR count). The maximum Gasteiger partial charge on any atom is 0.328 e. The van der Waals surface area contributed by atoms with Crippen LogP contribution in [0.1, 0.15) is 18.4 Å². The number of aromatic nitrogens is 1. The van der Waals surface area contributed by atoms with E-state index in [1.165, 1.54) is 0 Å². The number of nitrogens with zero attached hydrogens (tertiary/aromatic N) is 3. The van der Waals surface area contributed by atoms with Crippen molar-refractivity contribution in [2.24, 2.45) is 0 Å². The Morgan fingerprint density at radius 2 is 2.39 bits per heavy atom. The van der Waals surface area contributed by atoms with Gasteiger partial charge in [-0.2, -0.15) is 9.99 Å². The quantitative estimate of drug-likeness (QED) is 0.251. The van der Waals surface area contributed by atoms with Gasteiger partial charge in [0.1, 0.15) is 5.56 Å². The Bertz CT molecular complexity index is 523. The molecule has 0 radical (unpaired) electrons. The van der Waals surface area contributed by atoms with E-state index in [1.54, 1.807) is 13.0 Å². The van der Waals surface area contributed by atoms with Crippen molar-refractivity contribution in [2.75, 3.05) is 6.61 Å². The standard InChI is InChI=1S/C10H9N3O5/c1-2-18-10(14)7(5-11)8-6-12(15)4-3-9(8)13(16)17/h3-4,6-7H,2H2,1H3/t7-/m0/s1. The van der Waals surface area contributed by atoms with E-state index in [0.717, 1.165) is 18.5 Å². The highest BCUT2D eigenvalue weighted by atomic mass is 16.6. The SMILES string of the molecule is CCOC(=O)[C@@H](C#N)c1c[n+]([O-])ccc1[N+](=O)[O-]. The van der Waals surface area contributed by atoms with Gasteiger partial charge in [0.2, 0.25) is 0 Å². The fourth-order valence-corrected chi connectivity index (χ4v) is 1.35. The lowest BCUT2D eigenvalue weighted by Crippen LogP contribution is -2.28. The van der Waals surface area contributed by atoms with Gasteiger partial charge in [-0.1, -0.05) is 0 Å². The molecule has 8 nitrogen and oxygen atoms in total. The van der Waals surface area contributed by atoms with Gasteiger partial charge in [-0.3, -0.25) is 14.9 Å². The second-order valence-electron chi connectivity index (χ2n) is 3.22. The molecule has 1 heterocycles. The summed E-state index contributed by atoms with van der Waals surface area (Å²) in [6.07, 6.45) is 1.74. The van der Waals surface area contributed by atoms with Gasteiger partial charge in [0.15, 0.2) is 18.3 Å². The van der Waals surface area contributed by atoms with E-state index >= 15 is 0 Å². The first-order chi connectivity index (χ1) is 8.51. The number of esters is 1. The Balaban J connectivity index is 3.28. The highest BCUT2D eigenvalue weighted by Crippen LogP contribution is 2.25. The van der Waals surface area contributed by atoms with Crippen molar-refractivity contribution < 1.29 is 19.2 Å². The Labute approximate surface area is 102 Å². The second-order valence-corrected chi connectivity index (χ2v) is 3.22. The van der Waals surface area contributed by atoms with Crippen LogP contribution >= 0.6 is 0 Å². The van der Waals surface area contributed by atoms with Crippen molar-refractivity contribution in [2.45, 2.75) is 12.8 Å². The van der Waals surface area contributed by atoms with Crippen LogP contribution in [0.15, 0.2) is 18.5 Å². The summed E-state index contributed by atoms with van der Waals surface area (Å²) in [5.41, 5.74) is -0.750. The Kier molecular flexibility index (Phi) is 4.15. The van der Waals surface area contributed by atoms with Crippen molar-refractivity contribution in [3.63, 3.8) is 0 Å². The third-order valence-electron chi connectivity index (χ3n) is 2.10. The minimum atomic E-state index is -1.49. The van der Waals surface area contributed by atoms with Crippen LogP contribution in [-0.4, -0.2) is 17.5 Å².